The van der Waals surface area contributed by atoms with Crippen LogP contribution in [0, 0.1) is 5.92 Å². The van der Waals surface area contributed by atoms with Crippen molar-refractivity contribution in [1.29, 1.82) is 0 Å². The average molecular weight is 312 g/mol. The Kier molecular flexibility index (Phi) is 4.19. The number of H-pyrrole nitrogens is 1. The molecule has 5 nitrogen and oxygen atoms in total. The van der Waals surface area contributed by atoms with Crippen LogP contribution in [0.1, 0.15) is 29.8 Å². The highest BCUT2D eigenvalue weighted by Gasteiger charge is 2.15. The molecule has 3 N–H and O–H groups in total. The number of hydrogen-bond acceptors (Lipinski definition) is 2. The molecule has 0 aliphatic heterocycles. The van der Waals surface area contributed by atoms with Gasteiger partial charge in [0.25, 0.3) is 5.91 Å². The Morgan fingerprint density at radius 1 is 1.44 bits per heavy atom. The van der Waals surface area contributed by atoms with Crippen LogP contribution in [0.15, 0.2) is 28.9 Å². The molecule has 1 heterocycles. The number of aromatic nitrogens is 1. The minimum atomic E-state index is -0.365. The lowest BCUT2D eigenvalue weighted by molar-refractivity contribution is -0.122. The van der Waals surface area contributed by atoms with Crippen molar-refractivity contribution in [3.05, 3.63) is 34.6 Å². The first-order chi connectivity index (χ1) is 8.65. The molecular formula is C12H14BrN3O2. The smallest absolute Gasteiger partial charge is 0.286 e. The quantitative estimate of drug-likeness (QED) is 0.589. The summed E-state index contributed by atoms with van der Waals surface area (Å²) in [5.74, 6) is -0.247. The van der Waals surface area contributed by atoms with Gasteiger partial charge in [0.15, 0.2) is 0 Å². The lowest BCUT2D eigenvalue weighted by Gasteiger charge is -2.09. The Labute approximate surface area is 113 Å². The van der Waals surface area contributed by atoms with Gasteiger partial charge in [0, 0.05) is 17.1 Å². The van der Waals surface area contributed by atoms with E-state index in [0.29, 0.717) is 18.0 Å². The van der Waals surface area contributed by atoms with Crippen LogP contribution in [-0.4, -0.2) is 16.8 Å². The fourth-order valence-corrected chi connectivity index (χ4v) is 2.19. The third-order valence-corrected chi connectivity index (χ3v) is 3.23. The van der Waals surface area contributed by atoms with Crippen LogP contribution in [0.4, 0.5) is 0 Å². The second-order valence-electron chi connectivity index (χ2n) is 4.20. The van der Waals surface area contributed by atoms with E-state index in [0.717, 1.165) is 17.3 Å². The van der Waals surface area contributed by atoms with Crippen molar-refractivity contribution in [2.45, 2.75) is 19.3 Å². The average Bonchev–Trinajstić information content (AvgIpc) is 2.97. The summed E-state index contributed by atoms with van der Waals surface area (Å²) in [5.41, 5.74) is 5.17. The van der Waals surface area contributed by atoms with Crippen molar-refractivity contribution in [2.75, 3.05) is 0 Å². The molecule has 0 saturated heterocycles. The number of carbonyl (C=O) groups excluding carboxylic acids is 2. The summed E-state index contributed by atoms with van der Waals surface area (Å²) in [4.78, 5) is 25.9. The number of allylic oxidation sites excluding steroid dienone is 2. The summed E-state index contributed by atoms with van der Waals surface area (Å²) in [6.45, 7) is 0. The van der Waals surface area contributed by atoms with E-state index in [1.807, 2.05) is 6.08 Å². The molecule has 0 radical (unpaired) electrons. The number of hydrazine groups is 1. The SMILES string of the molecule is O=C(CC1C=CCC1)NNC(=O)c1cc(Br)c[nH]1. The fraction of sp³-hybridized carbons (Fsp3) is 0.333. The standard InChI is InChI=1S/C12H14BrN3O2/c13-9-6-10(14-7-9)12(18)16-15-11(17)5-8-3-1-2-4-8/h1,3,6-8,14H,2,4-5H2,(H,15,17)(H,16,18). The number of amides is 2. The van der Waals surface area contributed by atoms with Crippen LogP contribution in [0.5, 0.6) is 0 Å². The molecule has 1 unspecified atom stereocenters. The van der Waals surface area contributed by atoms with E-state index in [2.05, 4.69) is 37.8 Å². The van der Waals surface area contributed by atoms with Gasteiger partial charge in [-0.3, -0.25) is 20.4 Å². The number of hydrogen-bond donors (Lipinski definition) is 3. The zero-order chi connectivity index (χ0) is 13.0. The van der Waals surface area contributed by atoms with E-state index >= 15 is 0 Å². The number of halogens is 1. The molecule has 0 saturated carbocycles. The minimum absolute atomic E-state index is 0.175. The molecule has 1 aromatic rings. The van der Waals surface area contributed by atoms with Gasteiger partial charge in [-0.1, -0.05) is 12.2 Å². The normalized spacial score (nSPS) is 17.7. The Balaban J connectivity index is 1.75. The van der Waals surface area contributed by atoms with Crippen molar-refractivity contribution < 1.29 is 9.59 Å². The summed E-state index contributed by atoms with van der Waals surface area (Å²) in [7, 11) is 0. The molecule has 1 aliphatic carbocycles. The van der Waals surface area contributed by atoms with Crippen molar-refractivity contribution >= 4 is 27.7 Å². The van der Waals surface area contributed by atoms with Gasteiger partial charge in [-0.05, 0) is 40.8 Å². The first-order valence-electron chi connectivity index (χ1n) is 5.75. The molecular weight excluding hydrogens is 298 g/mol. The predicted molar refractivity (Wildman–Crippen MR) is 70.6 cm³/mol. The van der Waals surface area contributed by atoms with E-state index in [1.165, 1.54) is 0 Å². The van der Waals surface area contributed by atoms with E-state index < -0.39 is 0 Å². The maximum absolute atomic E-state index is 11.6. The van der Waals surface area contributed by atoms with Crippen LogP contribution < -0.4 is 10.9 Å². The number of rotatable bonds is 3. The maximum atomic E-state index is 11.6. The monoisotopic (exact) mass is 311 g/mol. The maximum Gasteiger partial charge on any atom is 0.286 e. The molecule has 0 fully saturated rings. The highest BCUT2D eigenvalue weighted by molar-refractivity contribution is 9.10. The zero-order valence-corrected chi connectivity index (χ0v) is 11.3. The van der Waals surface area contributed by atoms with E-state index in [4.69, 9.17) is 0 Å². The summed E-state index contributed by atoms with van der Waals surface area (Å²) in [6, 6.07) is 1.64. The Bertz CT molecular complexity index is 481. The predicted octanol–water partition coefficient (Wildman–Crippen LogP) is 1.89. The largest absolute Gasteiger partial charge is 0.356 e. The molecule has 96 valence electrons. The molecule has 2 rings (SSSR count). The van der Waals surface area contributed by atoms with E-state index in [9.17, 15) is 9.59 Å². The molecule has 6 heteroatoms. The second-order valence-corrected chi connectivity index (χ2v) is 5.12. The van der Waals surface area contributed by atoms with Gasteiger partial charge in [0.05, 0.1) is 0 Å². The van der Waals surface area contributed by atoms with Gasteiger partial charge in [-0.2, -0.15) is 0 Å². The van der Waals surface area contributed by atoms with Crippen molar-refractivity contribution in [3.8, 4) is 0 Å². The molecule has 1 atom stereocenters. The van der Waals surface area contributed by atoms with E-state index in [1.54, 1.807) is 12.3 Å². The Morgan fingerprint density at radius 3 is 2.89 bits per heavy atom. The molecule has 1 aliphatic rings. The van der Waals surface area contributed by atoms with Crippen molar-refractivity contribution in [3.63, 3.8) is 0 Å². The van der Waals surface area contributed by atoms with Gasteiger partial charge in [-0.25, -0.2) is 0 Å². The molecule has 18 heavy (non-hydrogen) atoms. The first-order valence-corrected chi connectivity index (χ1v) is 6.54. The Morgan fingerprint density at radius 2 is 2.28 bits per heavy atom. The molecule has 2 amide bonds. The molecule has 0 aromatic carbocycles. The third-order valence-electron chi connectivity index (χ3n) is 2.77. The highest BCUT2D eigenvalue weighted by Crippen LogP contribution is 2.19. The Hall–Kier alpha value is -1.56. The number of aromatic amines is 1. The minimum Gasteiger partial charge on any atom is -0.356 e. The summed E-state index contributed by atoms with van der Waals surface area (Å²) >= 11 is 3.23. The van der Waals surface area contributed by atoms with E-state index in [-0.39, 0.29) is 11.8 Å². The lowest BCUT2D eigenvalue weighted by Crippen LogP contribution is -2.42. The fourth-order valence-electron chi connectivity index (χ4n) is 1.85. The zero-order valence-electron chi connectivity index (χ0n) is 9.70. The summed E-state index contributed by atoms with van der Waals surface area (Å²) in [6.07, 6.45) is 8.22. The van der Waals surface area contributed by atoms with Gasteiger partial charge < -0.3 is 4.98 Å². The number of nitrogens with one attached hydrogen (secondary N) is 3. The first kappa shape index (κ1) is 12.9. The van der Waals surface area contributed by atoms with Crippen LogP contribution in [0.25, 0.3) is 0 Å². The highest BCUT2D eigenvalue weighted by atomic mass is 79.9. The second kappa shape index (κ2) is 5.86. The van der Waals surface area contributed by atoms with Crippen LogP contribution in [0.2, 0.25) is 0 Å². The number of carbonyl (C=O) groups is 2. The molecule has 0 spiro atoms. The van der Waals surface area contributed by atoms with Crippen molar-refractivity contribution in [1.82, 2.24) is 15.8 Å². The molecule has 1 aromatic heterocycles. The van der Waals surface area contributed by atoms with Gasteiger partial charge >= 0.3 is 0 Å². The third kappa shape index (κ3) is 3.46. The van der Waals surface area contributed by atoms with Gasteiger partial charge in [0.1, 0.15) is 5.69 Å². The van der Waals surface area contributed by atoms with Crippen LogP contribution >= 0.6 is 15.9 Å². The molecule has 0 bridgehead atoms. The van der Waals surface area contributed by atoms with Gasteiger partial charge in [0.2, 0.25) is 5.91 Å². The van der Waals surface area contributed by atoms with Gasteiger partial charge in [-0.15, -0.1) is 0 Å². The van der Waals surface area contributed by atoms with Crippen molar-refractivity contribution in [2.24, 2.45) is 5.92 Å². The lowest BCUT2D eigenvalue weighted by atomic mass is 10.1. The van der Waals surface area contributed by atoms with Crippen LogP contribution in [-0.2, 0) is 4.79 Å². The topological polar surface area (TPSA) is 74.0 Å². The summed E-state index contributed by atoms with van der Waals surface area (Å²) in [5, 5.41) is 0. The summed E-state index contributed by atoms with van der Waals surface area (Å²) < 4.78 is 0.787. The van der Waals surface area contributed by atoms with Crippen LogP contribution in [0.3, 0.4) is 0 Å².